The molecule has 1 aliphatic rings. The van der Waals surface area contributed by atoms with Gasteiger partial charge in [-0.1, -0.05) is 0 Å². The number of hydrogen-bond acceptors (Lipinski definition) is 3. The Bertz CT molecular complexity index is 204. The fourth-order valence-electron chi connectivity index (χ4n) is 1.31. The summed E-state index contributed by atoms with van der Waals surface area (Å²) in [5, 5.41) is 3.10. The molecule has 0 aromatic rings. The Balaban J connectivity index is 0.00000144. The number of carbonyl (C=O) groups is 2. The largest absolute Gasteiger partial charge is 0.361 e. The van der Waals surface area contributed by atoms with E-state index in [0.29, 0.717) is 0 Å². The average Bonchev–Trinajstić information content (AvgIpc) is 2.53. The van der Waals surface area contributed by atoms with Crippen LogP contribution in [0.1, 0.15) is 6.42 Å². The van der Waals surface area contributed by atoms with E-state index in [4.69, 9.17) is 5.73 Å². The first-order valence-corrected chi connectivity index (χ1v) is 3.90. The molecule has 0 saturated carbocycles. The number of halogens is 1. The third-order valence-electron chi connectivity index (χ3n) is 2.11. The molecule has 0 spiro atoms. The Morgan fingerprint density at radius 2 is 2.15 bits per heavy atom. The lowest BCUT2D eigenvalue weighted by Crippen LogP contribution is -2.44. The van der Waals surface area contributed by atoms with Gasteiger partial charge in [0.25, 0.3) is 0 Å². The molecule has 1 aliphatic heterocycles. The van der Waals surface area contributed by atoms with Crippen LogP contribution in [0.2, 0.25) is 0 Å². The molecule has 1 fully saturated rings. The van der Waals surface area contributed by atoms with Crippen molar-refractivity contribution in [3.63, 3.8) is 0 Å². The molecule has 1 heterocycles. The summed E-state index contributed by atoms with van der Waals surface area (Å²) < 4.78 is 0. The molecule has 0 bridgehead atoms. The van der Waals surface area contributed by atoms with E-state index in [1.54, 1.807) is 7.05 Å². The molecule has 3 N–H and O–H groups in total. The van der Waals surface area contributed by atoms with Crippen molar-refractivity contribution in [2.75, 3.05) is 20.1 Å². The van der Waals surface area contributed by atoms with Gasteiger partial charge in [-0.25, -0.2) is 0 Å². The zero-order valence-electron chi connectivity index (χ0n) is 7.45. The monoisotopic (exact) mass is 207 g/mol. The van der Waals surface area contributed by atoms with Crippen molar-refractivity contribution in [1.82, 2.24) is 10.2 Å². The van der Waals surface area contributed by atoms with Crippen LogP contribution >= 0.6 is 12.4 Å². The Kier molecular flexibility index (Phi) is 4.72. The summed E-state index contributed by atoms with van der Waals surface area (Å²) >= 11 is 0. The predicted octanol–water partition coefficient (Wildman–Crippen LogP) is -1.29. The highest BCUT2D eigenvalue weighted by Gasteiger charge is 2.25. The highest BCUT2D eigenvalue weighted by Crippen LogP contribution is 2.05. The van der Waals surface area contributed by atoms with Crippen LogP contribution in [-0.4, -0.2) is 42.9 Å². The lowest BCUT2D eigenvalue weighted by atomic mass is 10.2. The number of rotatable bonds is 1. The van der Waals surface area contributed by atoms with Gasteiger partial charge < -0.3 is 16.0 Å². The zero-order valence-corrected chi connectivity index (χ0v) is 8.26. The van der Waals surface area contributed by atoms with Crippen molar-refractivity contribution in [3.05, 3.63) is 0 Å². The molecule has 5 nitrogen and oxygen atoms in total. The van der Waals surface area contributed by atoms with Gasteiger partial charge in [0.15, 0.2) is 0 Å². The average molecular weight is 208 g/mol. The molecule has 1 rings (SSSR count). The van der Waals surface area contributed by atoms with Gasteiger partial charge >= 0.3 is 11.8 Å². The number of primary amides is 1. The SMILES string of the molecule is CN(C(=O)C(N)=O)C1CCNC1.Cl. The molecule has 2 amide bonds. The van der Waals surface area contributed by atoms with Crippen LogP contribution in [0.4, 0.5) is 0 Å². The van der Waals surface area contributed by atoms with Gasteiger partial charge in [-0.2, -0.15) is 0 Å². The number of likely N-dealkylation sites (N-methyl/N-ethyl adjacent to an activating group) is 1. The van der Waals surface area contributed by atoms with Crippen LogP contribution in [0.5, 0.6) is 0 Å². The molecular formula is C7H14ClN3O2. The normalized spacial score (nSPS) is 20.5. The van der Waals surface area contributed by atoms with Crippen LogP contribution in [-0.2, 0) is 9.59 Å². The van der Waals surface area contributed by atoms with Gasteiger partial charge in [0.05, 0.1) is 0 Å². The van der Waals surface area contributed by atoms with Crippen LogP contribution in [0.15, 0.2) is 0 Å². The predicted molar refractivity (Wildman–Crippen MR) is 50.5 cm³/mol. The summed E-state index contributed by atoms with van der Waals surface area (Å²) in [4.78, 5) is 23.0. The summed E-state index contributed by atoms with van der Waals surface area (Å²) in [6.07, 6.45) is 0.884. The van der Waals surface area contributed by atoms with Crippen LogP contribution in [0.25, 0.3) is 0 Å². The fraction of sp³-hybridized carbons (Fsp3) is 0.714. The second-order valence-electron chi connectivity index (χ2n) is 2.93. The maximum Gasteiger partial charge on any atom is 0.311 e. The van der Waals surface area contributed by atoms with Gasteiger partial charge in [-0.3, -0.25) is 9.59 Å². The zero-order chi connectivity index (χ0) is 9.14. The summed E-state index contributed by atoms with van der Waals surface area (Å²) in [7, 11) is 1.60. The number of nitrogens with two attached hydrogens (primary N) is 1. The van der Waals surface area contributed by atoms with E-state index < -0.39 is 11.8 Å². The van der Waals surface area contributed by atoms with Gasteiger partial charge in [0.1, 0.15) is 0 Å². The summed E-state index contributed by atoms with van der Waals surface area (Å²) in [6.45, 7) is 1.64. The number of carbonyl (C=O) groups excluding carboxylic acids is 2. The van der Waals surface area contributed by atoms with E-state index in [1.165, 1.54) is 4.90 Å². The third-order valence-corrected chi connectivity index (χ3v) is 2.11. The summed E-state index contributed by atoms with van der Waals surface area (Å²) in [5.74, 6) is -1.49. The lowest BCUT2D eigenvalue weighted by Gasteiger charge is -2.21. The maximum absolute atomic E-state index is 11.1. The van der Waals surface area contributed by atoms with Gasteiger partial charge in [-0.15, -0.1) is 12.4 Å². The molecular weight excluding hydrogens is 194 g/mol. The molecule has 13 heavy (non-hydrogen) atoms. The van der Waals surface area contributed by atoms with Crippen LogP contribution in [0.3, 0.4) is 0 Å². The standard InChI is InChI=1S/C7H13N3O2.ClH/c1-10(7(12)6(8)11)5-2-3-9-4-5;/h5,9H,2-4H2,1H3,(H2,8,11);1H. The second kappa shape index (κ2) is 5.04. The summed E-state index contributed by atoms with van der Waals surface area (Å²) in [5.41, 5.74) is 4.85. The Labute approximate surface area is 83.0 Å². The van der Waals surface area contributed by atoms with Crippen molar-refractivity contribution in [3.8, 4) is 0 Å². The number of amides is 2. The van der Waals surface area contributed by atoms with E-state index in [0.717, 1.165) is 19.5 Å². The van der Waals surface area contributed by atoms with Crippen molar-refractivity contribution in [2.45, 2.75) is 12.5 Å². The molecule has 0 aromatic heterocycles. The minimum atomic E-state index is -0.885. The minimum Gasteiger partial charge on any atom is -0.361 e. The van der Waals surface area contributed by atoms with Crippen molar-refractivity contribution < 1.29 is 9.59 Å². The Morgan fingerprint density at radius 3 is 2.54 bits per heavy atom. The molecule has 0 aromatic carbocycles. The Hall–Kier alpha value is -0.810. The fourth-order valence-corrected chi connectivity index (χ4v) is 1.31. The van der Waals surface area contributed by atoms with Crippen molar-refractivity contribution >= 4 is 24.2 Å². The quantitative estimate of drug-likeness (QED) is 0.526. The van der Waals surface area contributed by atoms with E-state index >= 15 is 0 Å². The lowest BCUT2D eigenvalue weighted by molar-refractivity contribution is -0.144. The molecule has 0 aliphatic carbocycles. The van der Waals surface area contributed by atoms with Crippen LogP contribution < -0.4 is 11.1 Å². The Morgan fingerprint density at radius 1 is 1.54 bits per heavy atom. The number of hydrogen-bond donors (Lipinski definition) is 2. The molecule has 0 radical (unpaired) electrons. The van der Waals surface area contributed by atoms with E-state index in [9.17, 15) is 9.59 Å². The summed E-state index contributed by atoms with van der Waals surface area (Å²) in [6, 6.07) is 0.116. The van der Waals surface area contributed by atoms with Crippen molar-refractivity contribution in [1.29, 1.82) is 0 Å². The van der Waals surface area contributed by atoms with E-state index in [-0.39, 0.29) is 18.4 Å². The molecule has 1 atom stereocenters. The van der Waals surface area contributed by atoms with Gasteiger partial charge in [-0.05, 0) is 13.0 Å². The molecule has 1 saturated heterocycles. The van der Waals surface area contributed by atoms with Gasteiger partial charge in [0, 0.05) is 19.6 Å². The van der Waals surface area contributed by atoms with E-state index in [1.807, 2.05) is 0 Å². The minimum absolute atomic E-state index is 0. The smallest absolute Gasteiger partial charge is 0.311 e. The topological polar surface area (TPSA) is 75.4 Å². The first-order valence-electron chi connectivity index (χ1n) is 3.90. The van der Waals surface area contributed by atoms with E-state index in [2.05, 4.69) is 5.32 Å². The third kappa shape index (κ3) is 2.86. The first-order chi connectivity index (χ1) is 5.63. The highest BCUT2D eigenvalue weighted by atomic mass is 35.5. The van der Waals surface area contributed by atoms with Crippen molar-refractivity contribution in [2.24, 2.45) is 5.73 Å². The van der Waals surface area contributed by atoms with Crippen LogP contribution in [0, 0.1) is 0 Å². The molecule has 6 heteroatoms. The maximum atomic E-state index is 11.1. The second-order valence-corrected chi connectivity index (χ2v) is 2.93. The number of nitrogens with one attached hydrogen (secondary N) is 1. The highest BCUT2D eigenvalue weighted by molar-refractivity contribution is 6.34. The molecule has 76 valence electrons. The first kappa shape index (κ1) is 12.2. The van der Waals surface area contributed by atoms with Gasteiger partial charge in [0.2, 0.25) is 0 Å². The molecule has 1 unspecified atom stereocenters. The number of nitrogens with zero attached hydrogens (tertiary/aromatic N) is 1.